The number of piperidine rings is 1. The van der Waals surface area contributed by atoms with Gasteiger partial charge in [0.2, 0.25) is 0 Å². The number of quaternary nitrogens is 2. The van der Waals surface area contributed by atoms with Crippen LogP contribution in [0.15, 0.2) is 91.0 Å². The lowest BCUT2D eigenvalue weighted by Crippen LogP contribution is -3.14. The zero-order chi connectivity index (χ0) is 19.2. The minimum Gasteiger partial charge on any atom is -0.337 e. The Morgan fingerprint density at radius 2 is 1.46 bits per heavy atom. The summed E-state index contributed by atoms with van der Waals surface area (Å²) in [4.78, 5) is 1.71. The van der Waals surface area contributed by atoms with E-state index in [0.717, 1.165) is 6.54 Å². The van der Waals surface area contributed by atoms with E-state index in [9.17, 15) is 0 Å². The monoisotopic (exact) mass is 372 g/mol. The van der Waals surface area contributed by atoms with Crippen molar-refractivity contribution in [3.05, 3.63) is 108 Å². The van der Waals surface area contributed by atoms with Crippen molar-refractivity contribution in [1.82, 2.24) is 0 Å². The average molecular weight is 373 g/mol. The van der Waals surface area contributed by atoms with Crippen LogP contribution in [0.25, 0.3) is 0 Å². The molecule has 4 rings (SSSR count). The second kappa shape index (κ2) is 9.18. The Kier molecular flexibility index (Phi) is 6.20. The number of rotatable bonds is 6. The highest BCUT2D eigenvalue weighted by atomic mass is 15.2. The molecule has 0 aliphatic carbocycles. The van der Waals surface area contributed by atoms with Gasteiger partial charge in [0.15, 0.2) is 0 Å². The van der Waals surface area contributed by atoms with Crippen molar-refractivity contribution in [1.29, 1.82) is 0 Å². The van der Waals surface area contributed by atoms with E-state index in [1.54, 1.807) is 4.90 Å². The molecule has 0 spiro atoms. The molecule has 1 aliphatic heterocycles. The maximum Gasteiger partial charge on any atom is 0.109 e. The Balaban J connectivity index is 1.50. The molecule has 0 saturated carbocycles. The van der Waals surface area contributed by atoms with E-state index in [-0.39, 0.29) is 0 Å². The van der Waals surface area contributed by atoms with E-state index in [1.165, 1.54) is 36.2 Å². The third-order valence-corrected chi connectivity index (χ3v) is 6.24. The van der Waals surface area contributed by atoms with Gasteiger partial charge in [-0.3, -0.25) is 0 Å². The molecule has 28 heavy (non-hydrogen) atoms. The van der Waals surface area contributed by atoms with E-state index in [2.05, 4.69) is 103 Å². The smallest absolute Gasteiger partial charge is 0.109 e. The molecule has 2 heteroatoms. The van der Waals surface area contributed by atoms with Crippen LogP contribution in [0.1, 0.15) is 42.0 Å². The summed E-state index contributed by atoms with van der Waals surface area (Å²) in [6.07, 6.45) is 1.26. The topological polar surface area (TPSA) is 21.1 Å². The predicted octanol–water partition coefficient (Wildman–Crippen LogP) is 2.95. The molecular formula is C26H32N2+2. The zero-order valence-corrected chi connectivity index (χ0v) is 16.8. The summed E-state index contributed by atoms with van der Waals surface area (Å²) >= 11 is 0. The first kappa shape index (κ1) is 18.9. The van der Waals surface area contributed by atoms with Crippen LogP contribution in [-0.2, 0) is 6.54 Å². The highest BCUT2D eigenvalue weighted by Crippen LogP contribution is 2.21. The standard InChI is InChI=1S/C26H30N2/c1-21(23-13-7-3-8-14-23)27-26-17-18-28(19-22-11-5-2-6-12-22)20-25(26)24-15-9-4-10-16-24/h2-16,21,25-27H,17-20H2,1H3/p+2/t21-,25+,26-/m0/s1. The average Bonchev–Trinajstić information content (AvgIpc) is 2.77. The number of likely N-dealkylation sites (tertiary alicyclic amines) is 1. The van der Waals surface area contributed by atoms with E-state index < -0.39 is 0 Å². The molecule has 1 saturated heterocycles. The van der Waals surface area contributed by atoms with E-state index in [0.29, 0.717) is 18.0 Å². The third kappa shape index (κ3) is 4.70. The Labute approximate surface area is 169 Å². The molecule has 144 valence electrons. The number of nitrogens with one attached hydrogen (secondary N) is 1. The lowest BCUT2D eigenvalue weighted by Gasteiger charge is -2.36. The highest BCUT2D eigenvalue weighted by molar-refractivity contribution is 5.22. The van der Waals surface area contributed by atoms with Crippen molar-refractivity contribution >= 4 is 0 Å². The van der Waals surface area contributed by atoms with E-state index in [4.69, 9.17) is 0 Å². The minimum atomic E-state index is 0.494. The summed E-state index contributed by atoms with van der Waals surface area (Å²) < 4.78 is 0. The van der Waals surface area contributed by atoms with Crippen LogP contribution in [0, 0.1) is 0 Å². The van der Waals surface area contributed by atoms with Gasteiger partial charge in [0.25, 0.3) is 0 Å². The molecule has 1 heterocycles. The lowest BCUT2D eigenvalue weighted by molar-refractivity contribution is -0.929. The molecule has 1 aliphatic rings. The fraction of sp³-hybridized carbons (Fsp3) is 0.308. The first-order chi connectivity index (χ1) is 13.8. The maximum atomic E-state index is 2.62. The third-order valence-electron chi connectivity index (χ3n) is 6.24. The van der Waals surface area contributed by atoms with Gasteiger partial charge in [0.1, 0.15) is 18.6 Å². The van der Waals surface area contributed by atoms with Gasteiger partial charge in [-0.1, -0.05) is 91.0 Å². The number of benzene rings is 3. The Morgan fingerprint density at radius 3 is 2.14 bits per heavy atom. The predicted molar refractivity (Wildman–Crippen MR) is 115 cm³/mol. The van der Waals surface area contributed by atoms with Gasteiger partial charge < -0.3 is 10.2 Å². The van der Waals surface area contributed by atoms with Crippen LogP contribution in [0.3, 0.4) is 0 Å². The van der Waals surface area contributed by atoms with Gasteiger partial charge in [0, 0.05) is 17.5 Å². The van der Waals surface area contributed by atoms with Gasteiger partial charge in [0.05, 0.1) is 19.0 Å². The fourth-order valence-electron chi connectivity index (χ4n) is 4.72. The summed E-state index contributed by atoms with van der Waals surface area (Å²) in [5.41, 5.74) is 4.37. The summed E-state index contributed by atoms with van der Waals surface area (Å²) in [5, 5.41) is 2.62. The van der Waals surface area contributed by atoms with Gasteiger partial charge in [-0.2, -0.15) is 0 Å². The van der Waals surface area contributed by atoms with Crippen LogP contribution in [0.5, 0.6) is 0 Å². The fourth-order valence-corrected chi connectivity index (χ4v) is 4.72. The van der Waals surface area contributed by atoms with Gasteiger partial charge in [-0.05, 0) is 12.5 Å². The Morgan fingerprint density at radius 1 is 0.857 bits per heavy atom. The summed E-state index contributed by atoms with van der Waals surface area (Å²) in [6, 6.07) is 34.2. The number of nitrogens with two attached hydrogens (primary N) is 1. The molecule has 0 radical (unpaired) electrons. The van der Waals surface area contributed by atoms with E-state index >= 15 is 0 Å². The highest BCUT2D eigenvalue weighted by Gasteiger charge is 2.36. The second-order valence-electron chi connectivity index (χ2n) is 8.23. The largest absolute Gasteiger partial charge is 0.337 e. The summed E-state index contributed by atoms with van der Waals surface area (Å²) in [7, 11) is 0. The van der Waals surface area contributed by atoms with Crippen LogP contribution < -0.4 is 10.2 Å². The molecule has 3 aromatic rings. The van der Waals surface area contributed by atoms with Crippen LogP contribution in [-0.4, -0.2) is 19.1 Å². The van der Waals surface area contributed by atoms with Crippen molar-refractivity contribution in [2.24, 2.45) is 0 Å². The van der Waals surface area contributed by atoms with Crippen molar-refractivity contribution < 1.29 is 10.2 Å². The summed E-state index contributed by atoms with van der Waals surface area (Å²) in [5.74, 6) is 0.597. The van der Waals surface area contributed by atoms with Gasteiger partial charge in [-0.25, -0.2) is 0 Å². The van der Waals surface area contributed by atoms with Gasteiger partial charge >= 0.3 is 0 Å². The Hall–Kier alpha value is -2.42. The maximum absolute atomic E-state index is 2.62. The SMILES string of the molecule is C[C@H]([NH2+][C@H]1CC[NH+](Cc2ccccc2)C[C@@H]1c1ccccc1)c1ccccc1. The minimum absolute atomic E-state index is 0.494. The quantitative estimate of drug-likeness (QED) is 0.664. The Bertz CT molecular complexity index is 832. The zero-order valence-electron chi connectivity index (χ0n) is 16.8. The van der Waals surface area contributed by atoms with Crippen molar-refractivity contribution in [3.8, 4) is 0 Å². The molecule has 2 nitrogen and oxygen atoms in total. The lowest BCUT2D eigenvalue weighted by atomic mass is 9.85. The molecule has 0 aromatic heterocycles. The second-order valence-corrected chi connectivity index (χ2v) is 8.23. The molecule has 0 amide bonds. The number of hydrogen-bond acceptors (Lipinski definition) is 0. The van der Waals surface area contributed by atoms with Crippen LogP contribution >= 0.6 is 0 Å². The molecule has 4 atom stereocenters. The molecule has 3 aromatic carbocycles. The van der Waals surface area contributed by atoms with Crippen LogP contribution in [0.4, 0.5) is 0 Å². The molecule has 3 N–H and O–H groups in total. The van der Waals surface area contributed by atoms with Crippen molar-refractivity contribution in [2.45, 2.75) is 37.9 Å². The number of hydrogen-bond donors (Lipinski definition) is 2. The first-order valence-corrected chi connectivity index (χ1v) is 10.6. The van der Waals surface area contributed by atoms with Crippen LogP contribution in [0.2, 0.25) is 0 Å². The summed E-state index contributed by atoms with van der Waals surface area (Å²) in [6.45, 7) is 5.94. The van der Waals surface area contributed by atoms with E-state index in [1.807, 2.05) is 0 Å². The molecule has 0 bridgehead atoms. The van der Waals surface area contributed by atoms with Crippen molar-refractivity contribution in [3.63, 3.8) is 0 Å². The molecular weight excluding hydrogens is 340 g/mol. The normalized spacial score (nSPS) is 23.2. The first-order valence-electron chi connectivity index (χ1n) is 10.6. The van der Waals surface area contributed by atoms with Gasteiger partial charge in [-0.15, -0.1) is 0 Å². The molecule has 1 unspecified atom stereocenters. The van der Waals surface area contributed by atoms with Crippen molar-refractivity contribution in [2.75, 3.05) is 13.1 Å². The molecule has 1 fully saturated rings.